The minimum Gasteiger partial charge on any atom is -0.381 e. The van der Waals surface area contributed by atoms with Gasteiger partial charge in [-0.15, -0.1) is 0 Å². The number of benzene rings is 2. The molecule has 2 aromatic carbocycles. The number of nitrogens with zero attached hydrogens (tertiary/aromatic N) is 4. The van der Waals surface area contributed by atoms with Crippen molar-refractivity contribution < 1.29 is 14.0 Å². The molecular weight excluding hydrogens is 461 g/mol. The summed E-state index contributed by atoms with van der Waals surface area (Å²) in [5.74, 6) is -0.318. The fourth-order valence-electron chi connectivity index (χ4n) is 3.39. The Hall–Kier alpha value is -4.47. The molecule has 0 radical (unpaired) electrons. The van der Waals surface area contributed by atoms with E-state index in [1.807, 2.05) is 38.5 Å². The number of aromatic nitrogens is 2. The van der Waals surface area contributed by atoms with Crippen LogP contribution in [-0.2, 0) is 11.8 Å². The number of carbonyl (C=O) groups is 2. The third-order valence-electron chi connectivity index (χ3n) is 5.17. The molecule has 36 heavy (non-hydrogen) atoms. The molecule has 0 saturated heterocycles. The lowest BCUT2D eigenvalue weighted by molar-refractivity contribution is -0.115. The van der Waals surface area contributed by atoms with E-state index in [0.717, 1.165) is 28.7 Å². The fraction of sp³-hybridized carbons (Fsp3) is 0.231. The van der Waals surface area contributed by atoms with Crippen LogP contribution in [0.3, 0.4) is 0 Å². The molecule has 0 atom stereocenters. The number of nitrogens with one attached hydrogen (secondary N) is 3. The molecule has 9 nitrogen and oxygen atoms in total. The summed E-state index contributed by atoms with van der Waals surface area (Å²) >= 11 is 0. The summed E-state index contributed by atoms with van der Waals surface area (Å²) < 4.78 is 16.3. The highest BCUT2D eigenvalue weighted by atomic mass is 19.1. The number of amides is 2. The molecule has 2 amide bonds. The van der Waals surface area contributed by atoms with Gasteiger partial charge in [0.25, 0.3) is 5.91 Å². The van der Waals surface area contributed by atoms with Gasteiger partial charge in [-0.25, -0.2) is 9.38 Å². The SMILES string of the molecule is CN(C)C=O.CNC1=CCC(CNc2cccc(F)c2C(=O)Nc2ccc3cn(C)nc3c2)=CC=N1. The Balaban J connectivity index is 0.000000658. The van der Waals surface area contributed by atoms with Gasteiger partial charge in [0.1, 0.15) is 11.6 Å². The molecule has 3 N–H and O–H groups in total. The molecule has 4 rings (SSSR count). The molecule has 1 aromatic heterocycles. The highest BCUT2D eigenvalue weighted by molar-refractivity contribution is 6.08. The van der Waals surface area contributed by atoms with E-state index in [4.69, 9.17) is 0 Å². The summed E-state index contributed by atoms with van der Waals surface area (Å²) in [7, 11) is 7.02. The van der Waals surface area contributed by atoms with Crippen LogP contribution in [0.5, 0.6) is 0 Å². The Bertz CT molecular complexity index is 1330. The van der Waals surface area contributed by atoms with E-state index in [-0.39, 0.29) is 5.56 Å². The van der Waals surface area contributed by atoms with Gasteiger partial charge in [0.15, 0.2) is 0 Å². The first-order valence-electron chi connectivity index (χ1n) is 11.3. The number of rotatable bonds is 7. The minimum absolute atomic E-state index is 0.0297. The maximum Gasteiger partial charge on any atom is 0.260 e. The largest absolute Gasteiger partial charge is 0.381 e. The predicted molar refractivity (Wildman–Crippen MR) is 142 cm³/mol. The first kappa shape index (κ1) is 26.1. The summed E-state index contributed by atoms with van der Waals surface area (Å²) in [5, 5.41) is 14.3. The van der Waals surface area contributed by atoms with Crippen LogP contribution < -0.4 is 16.0 Å². The van der Waals surface area contributed by atoms with Crippen molar-refractivity contribution >= 4 is 40.8 Å². The van der Waals surface area contributed by atoms with Gasteiger partial charge in [-0.2, -0.15) is 5.10 Å². The van der Waals surface area contributed by atoms with Crippen LogP contribution in [0.4, 0.5) is 15.8 Å². The number of halogens is 1. The third-order valence-corrected chi connectivity index (χ3v) is 5.17. The van der Waals surface area contributed by atoms with E-state index in [1.165, 1.54) is 11.0 Å². The van der Waals surface area contributed by atoms with Gasteiger partial charge >= 0.3 is 0 Å². The van der Waals surface area contributed by atoms with Gasteiger partial charge in [-0.3, -0.25) is 14.3 Å². The molecule has 0 bridgehead atoms. The maximum atomic E-state index is 14.6. The molecule has 1 aliphatic rings. The zero-order chi connectivity index (χ0) is 26.1. The lowest BCUT2D eigenvalue weighted by Gasteiger charge is -2.14. The van der Waals surface area contributed by atoms with E-state index in [1.54, 1.807) is 49.3 Å². The summed E-state index contributed by atoms with van der Waals surface area (Å²) in [4.78, 5) is 28.1. The van der Waals surface area contributed by atoms with E-state index in [9.17, 15) is 14.0 Å². The van der Waals surface area contributed by atoms with Crippen molar-refractivity contribution in [1.29, 1.82) is 0 Å². The topological polar surface area (TPSA) is 104 Å². The van der Waals surface area contributed by atoms with Gasteiger partial charge < -0.3 is 20.9 Å². The molecule has 0 saturated carbocycles. The van der Waals surface area contributed by atoms with E-state index < -0.39 is 11.7 Å². The van der Waals surface area contributed by atoms with Crippen LogP contribution in [0.25, 0.3) is 10.9 Å². The number of anilines is 2. The highest BCUT2D eigenvalue weighted by Crippen LogP contribution is 2.23. The van der Waals surface area contributed by atoms with Crippen molar-refractivity contribution in [3.05, 3.63) is 77.5 Å². The Morgan fingerprint density at radius 3 is 2.75 bits per heavy atom. The third kappa shape index (κ3) is 7.02. The fourth-order valence-corrected chi connectivity index (χ4v) is 3.39. The van der Waals surface area contributed by atoms with Crippen molar-refractivity contribution in [2.45, 2.75) is 6.42 Å². The number of carbonyl (C=O) groups excluding carboxylic acids is 2. The van der Waals surface area contributed by atoms with Crippen LogP contribution in [0, 0.1) is 5.82 Å². The van der Waals surface area contributed by atoms with Crippen molar-refractivity contribution in [1.82, 2.24) is 20.0 Å². The molecule has 0 aliphatic carbocycles. The van der Waals surface area contributed by atoms with E-state index >= 15 is 0 Å². The van der Waals surface area contributed by atoms with Crippen molar-refractivity contribution in [2.24, 2.45) is 12.0 Å². The number of aryl methyl sites for hydroxylation is 1. The van der Waals surface area contributed by atoms with Gasteiger partial charge in [0, 0.05) is 58.2 Å². The molecule has 188 valence electrons. The second-order valence-corrected chi connectivity index (χ2v) is 8.26. The highest BCUT2D eigenvalue weighted by Gasteiger charge is 2.17. The summed E-state index contributed by atoms with van der Waals surface area (Å²) in [5.41, 5.74) is 2.76. The quantitative estimate of drug-likeness (QED) is 0.439. The first-order valence-corrected chi connectivity index (χ1v) is 11.3. The van der Waals surface area contributed by atoms with Gasteiger partial charge in [0.05, 0.1) is 16.8 Å². The summed E-state index contributed by atoms with van der Waals surface area (Å²) in [6.07, 6.45) is 8.95. The average molecular weight is 492 g/mol. The van der Waals surface area contributed by atoms with Crippen LogP contribution in [0.15, 0.2) is 71.1 Å². The molecule has 1 aliphatic heterocycles. The van der Waals surface area contributed by atoms with Crippen LogP contribution in [0.1, 0.15) is 16.8 Å². The Kier molecular flexibility index (Phi) is 8.93. The zero-order valence-electron chi connectivity index (χ0n) is 20.7. The molecule has 2 heterocycles. The van der Waals surface area contributed by atoms with E-state index in [0.29, 0.717) is 24.3 Å². The van der Waals surface area contributed by atoms with Gasteiger partial charge in [-0.05, 0) is 54.5 Å². The second kappa shape index (κ2) is 12.3. The lowest BCUT2D eigenvalue weighted by atomic mass is 10.1. The zero-order valence-corrected chi connectivity index (χ0v) is 20.7. The number of allylic oxidation sites excluding steroid dienone is 2. The molecule has 0 fully saturated rings. The molecule has 0 unspecified atom stereocenters. The molecule has 3 aromatic rings. The standard InChI is InChI=1S/C23H23FN6O.C3H7NO/c1-25-21-9-6-15(10-11-26-21)13-27-19-5-3-4-18(24)22(19)23(31)28-17-8-7-16-14-30(2)29-20(16)12-17;1-4(2)3-5/h3-5,7-12,14,25,27H,6,13H2,1-2H3,(H,28,31);3H,1-2H3. The normalized spacial score (nSPS) is 12.5. The summed E-state index contributed by atoms with van der Waals surface area (Å²) in [6.45, 7) is 0.461. The summed E-state index contributed by atoms with van der Waals surface area (Å²) in [6, 6.07) is 9.96. The number of hydrogen-bond acceptors (Lipinski definition) is 6. The number of fused-ring (bicyclic) bond motifs is 1. The Labute approximate surface area is 209 Å². The monoisotopic (exact) mass is 491 g/mol. The van der Waals surface area contributed by atoms with Gasteiger partial charge in [0.2, 0.25) is 6.41 Å². The Morgan fingerprint density at radius 1 is 1.25 bits per heavy atom. The van der Waals surface area contributed by atoms with Crippen molar-refractivity contribution in [3.63, 3.8) is 0 Å². The molecule has 0 spiro atoms. The predicted octanol–water partition coefficient (Wildman–Crippen LogP) is 3.54. The molecular formula is C26H30FN7O2. The minimum atomic E-state index is -0.588. The van der Waals surface area contributed by atoms with E-state index in [2.05, 4.69) is 26.0 Å². The lowest BCUT2D eigenvalue weighted by Crippen LogP contribution is -2.17. The maximum absolute atomic E-state index is 14.6. The van der Waals surface area contributed by atoms with Crippen molar-refractivity contribution in [2.75, 3.05) is 38.3 Å². The van der Waals surface area contributed by atoms with Crippen LogP contribution in [0.2, 0.25) is 0 Å². The first-order chi connectivity index (χ1) is 17.3. The smallest absolute Gasteiger partial charge is 0.260 e. The Morgan fingerprint density at radius 2 is 2.03 bits per heavy atom. The van der Waals surface area contributed by atoms with Crippen molar-refractivity contribution in [3.8, 4) is 0 Å². The number of aliphatic imine (C=N–C) groups is 1. The second-order valence-electron chi connectivity index (χ2n) is 8.26. The van der Waals surface area contributed by atoms with Crippen LogP contribution >= 0.6 is 0 Å². The molecule has 10 heteroatoms. The van der Waals surface area contributed by atoms with Gasteiger partial charge in [-0.1, -0.05) is 6.07 Å². The average Bonchev–Trinajstić information content (AvgIpc) is 3.07. The van der Waals surface area contributed by atoms with Crippen LogP contribution in [-0.4, -0.2) is 60.9 Å². The number of hydrogen-bond donors (Lipinski definition) is 3.